The maximum Gasteiger partial charge on any atom is 0.0544 e. The van der Waals surface area contributed by atoms with Gasteiger partial charge in [-0.3, -0.25) is 0 Å². The number of anilines is 1. The van der Waals surface area contributed by atoms with Gasteiger partial charge in [0.2, 0.25) is 0 Å². The van der Waals surface area contributed by atoms with Gasteiger partial charge in [-0.15, -0.1) is 23.5 Å². The minimum absolute atomic E-state index is 0.659. The zero-order chi connectivity index (χ0) is 16.8. The van der Waals surface area contributed by atoms with Crippen LogP contribution in [0.15, 0.2) is 46.2 Å². The summed E-state index contributed by atoms with van der Waals surface area (Å²) >= 11 is 3.87. The highest BCUT2D eigenvalue weighted by Gasteiger charge is 2.41. The van der Waals surface area contributed by atoms with E-state index >= 15 is 0 Å². The van der Waals surface area contributed by atoms with Gasteiger partial charge in [-0.25, -0.2) is 0 Å². The van der Waals surface area contributed by atoms with E-state index in [0.29, 0.717) is 12.0 Å². The number of nitrogens with zero attached hydrogens (tertiary/aromatic N) is 1. The molecule has 0 unspecified atom stereocenters. The van der Waals surface area contributed by atoms with E-state index in [0.717, 1.165) is 13.1 Å². The molecule has 0 saturated carbocycles. The van der Waals surface area contributed by atoms with Crippen molar-refractivity contribution < 1.29 is 0 Å². The number of fused-ring (bicyclic) bond motifs is 3. The first-order valence-electron chi connectivity index (χ1n) is 9.27. The Morgan fingerprint density at radius 1 is 1.16 bits per heavy atom. The zero-order valence-corrected chi connectivity index (χ0v) is 16.3. The van der Waals surface area contributed by atoms with Gasteiger partial charge in [0.15, 0.2) is 0 Å². The van der Waals surface area contributed by atoms with E-state index < -0.39 is 0 Å². The van der Waals surface area contributed by atoms with Crippen molar-refractivity contribution in [1.82, 2.24) is 5.32 Å². The Labute approximate surface area is 158 Å². The molecular weight excluding hydrogens is 344 g/mol. The fourth-order valence-electron chi connectivity index (χ4n) is 4.68. The van der Waals surface area contributed by atoms with Gasteiger partial charge in [0.25, 0.3) is 0 Å². The molecule has 25 heavy (non-hydrogen) atoms. The first-order chi connectivity index (χ1) is 12.3. The first-order valence-corrected chi connectivity index (χ1v) is 11.5. The molecule has 0 bridgehead atoms. The predicted octanol–water partition coefficient (Wildman–Crippen LogP) is 4.84. The molecule has 0 radical (unpaired) electrons. The molecule has 1 saturated heterocycles. The van der Waals surface area contributed by atoms with Crippen molar-refractivity contribution in [3.8, 4) is 11.1 Å². The van der Waals surface area contributed by atoms with Crippen molar-refractivity contribution in [2.45, 2.75) is 34.6 Å². The average molecular weight is 369 g/mol. The van der Waals surface area contributed by atoms with Crippen LogP contribution >= 0.6 is 23.5 Å². The maximum atomic E-state index is 3.64. The lowest BCUT2D eigenvalue weighted by molar-refractivity contribution is 0.403. The molecule has 0 amide bonds. The molecule has 130 valence electrons. The molecule has 1 N–H and O–H groups in total. The van der Waals surface area contributed by atoms with E-state index in [9.17, 15) is 0 Å². The number of rotatable bonds is 2. The molecular formula is C21H24N2S2. The molecule has 2 aromatic rings. The fourth-order valence-corrected chi connectivity index (χ4v) is 6.16. The Kier molecular flexibility index (Phi) is 4.23. The number of hydrogen-bond donors (Lipinski definition) is 1. The minimum Gasteiger partial charge on any atom is -0.367 e. The monoisotopic (exact) mass is 368 g/mol. The van der Waals surface area contributed by atoms with Gasteiger partial charge < -0.3 is 10.2 Å². The van der Waals surface area contributed by atoms with Crippen LogP contribution in [0.25, 0.3) is 11.1 Å². The smallest absolute Gasteiger partial charge is 0.0544 e. The van der Waals surface area contributed by atoms with Gasteiger partial charge in [-0.05, 0) is 72.4 Å². The number of benzene rings is 2. The maximum absolute atomic E-state index is 3.64. The highest BCUT2D eigenvalue weighted by Crippen LogP contribution is 2.51. The molecule has 2 nitrogen and oxygen atoms in total. The highest BCUT2D eigenvalue weighted by atomic mass is 32.2. The molecule has 3 aliphatic rings. The summed E-state index contributed by atoms with van der Waals surface area (Å²) in [4.78, 5) is 5.59. The van der Waals surface area contributed by atoms with Crippen LogP contribution in [0, 0.1) is 0 Å². The second kappa shape index (κ2) is 6.57. The normalized spacial score (nSPS) is 24.6. The molecule has 5 rings (SSSR count). The SMILES string of the molecule is CSc1ccc(-c2cc3c4c(c2)[C@H]2CNCC[C@H]2N4CCCS3)cc1. The summed E-state index contributed by atoms with van der Waals surface area (Å²) in [5.41, 5.74) is 5.89. The van der Waals surface area contributed by atoms with Crippen LogP contribution in [0.2, 0.25) is 0 Å². The summed E-state index contributed by atoms with van der Waals surface area (Å²) in [5.74, 6) is 1.90. The van der Waals surface area contributed by atoms with E-state index in [1.54, 1.807) is 11.3 Å². The zero-order valence-electron chi connectivity index (χ0n) is 14.6. The third-order valence-electron chi connectivity index (χ3n) is 5.86. The number of piperidine rings is 1. The van der Waals surface area contributed by atoms with Crippen molar-refractivity contribution in [1.29, 1.82) is 0 Å². The molecule has 3 aliphatic heterocycles. The van der Waals surface area contributed by atoms with Gasteiger partial charge in [0.1, 0.15) is 0 Å². The van der Waals surface area contributed by atoms with E-state index in [2.05, 4.69) is 64.6 Å². The summed E-state index contributed by atoms with van der Waals surface area (Å²) < 4.78 is 0. The first kappa shape index (κ1) is 16.1. The molecule has 0 aromatic heterocycles. The lowest BCUT2D eigenvalue weighted by atomic mass is 9.88. The summed E-state index contributed by atoms with van der Waals surface area (Å²) in [6.45, 7) is 3.53. The lowest BCUT2D eigenvalue weighted by Gasteiger charge is -2.33. The van der Waals surface area contributed by atoms with Crippen LogP contribution in [-0.4, -0.2) is 37.7 Å². The third-order valence-corrected chi connectivity index (χ3v) is 7.72. The Morgan fingerprint density at radius 2 is 2.04 bits per heavy atom. The molecule has 2 atom stereocenters. The van der Waals surface area contributed by atoms with Gasteiger partial charge in [0.05, 0.1) is 5.69 Å². The van der Waals surface area contributed by atoms with Gasteiger partial charge in [-0.2, -0.15) is 0 Å². The topological polar surface area (TPSA) is 15.3 Å². The largest absolute Gasteiger partial charge is 0.367 e. The quantitative estimate of drug-likeness (QED) is 0.763. The second-order valence-electron chi connectivity index (χ2n) is 7.20. The van der Waals surface area contributed by atoms with Gasteiger partial charge >= 0.3 is 0 Å². The molecule has 2 aromatic carbocycles. The van der Waals surface area contributed by atoms with E-state index in [1.807, 2.05) is 11.8 Å². The van der Waals surface area contributed by atoms with Crippen molar-refractivity contribution in [2.75, 3.05) is 36.5 Å². The summed E-state index contributed by atoms with van der Waals surface area (Å²) in [6, 6.07) is 14.7. The Morgan fingerprint density at radius 3 is 2.88 bits per heavy atom. The number of hydrogen-bond acceptors (Lipinski definition) is 4. The van der Waals surface area contributed by atoms with E-state index in [4.69, 9.17) is 0 Å². The fraction of sp³-hybridized carbons (Fsp3) is 0.429. The Balaban J connectivity index is 1.63. The summed E-state index contributed by atoms with van der Waals surface area (Å²) in [7, 11) is 0. The van der Waals surface area contributed by atoms with Crippen molar-refractivity contribution in [2.24, 2.45) is 0 Å². The third kappa shape index (κ3) is 2.70. The van der Waals surface area contributed by atoms with Gasteiger partial charge in [-0.1, -0.05) is 12.1 Å². The van der Waals surface area contributed by atoms with Crippen LogP contribution in [0.4, 0.5) is 5.69 Å². The van der Waals surface area contributed by atoms with Crippen LogP contribution in [-0.2, 0) is 0 Å². The second-order valence-corrected chi connectivity index (χ2v) is 9.22. The van der Waals surface area contributed by atoms with Crippen LogP contribution in [0.5, 0.6) is 0 Å². The van der Waals surface area contributed by atoms with Crippen LogP contribution < -0.4 is 10.2 Å². The van der Waals surface area contributed by atoms with Crippen LogP contribution in [0.3, 0.4) is 0 Å². The molecule has 4 heteroatoms. The Hall–Kier alpha value is -1.10. The summed E-state index contributed by atoms with van der Waals surface area (Å²) in [6.07, 6.45) is 4.72. The van der Waals surface area contributed by atoms with E-state index in [-0.39, 0.29) is 0 Å². The lowest BCUT2D eigenvalue weighted by Crippen LogP contribution is -2.44. The minimum atomic E-state index is 0.659. The molecule has 1 fully saturated rings. The van der Waals surface area contributed by atoms with Crippen molar-refractivity contribution in [3.05, 3.63) is 42.0 Å². The molecule has 3 heterocycles. The highest BCUT2D eigenvalue weighted by molar-refractivity contribution is 7.99. The average Bonchev–Trinajstić information content (AvgIpc) is 2.83. The van der Waals surface area contributed by atoms with Gasteiger partial charge in [0, 0.05) is 34.8 Å². The predicted molar refractivity (Wildman–Crippen MR) is 110 cm³/mol. The number of nitrogens with one attached hydrogen (secondary N) is 1. The van der Waals surface area contributed by atoms with Crippen molar-refractivity contribution >= 4 is 29.2 Å². The molecule has 0 spiro atoms. The standard InChI is InChI=1S/C21H24N2S2/c1-24-16-5-3-14(4-6-16)15-11-17-18-13-22-8-7-19(18)23-9-2-10-25-20(12-15)21(17)23/h3-6,11-12,18-19,22H,2,7-10,13H2,1H3/t18-,19-/m1/s1. The molecule has 0 aliphatic carbocycles. The Bertz CT molecular complexity index is 787. The van der Waals surface area contributed by atoms with Crippen molar-refractivity contribution in [3.63, 3.8) is 0 Å². The summed E-state index contributed by atoms with van der Waals surface area (Å²) in [5, 5.41) is 3.64. The van der Waals surface area contributed by atoms with Crippen LogP contribution in [0.1, 0.15) is 24.3 Å². The number of thioether (sulfide) groups is 2. The van der Waals surface area contributed by atoms with E-state index in [1.165, 1.54) is 46.1 Å².